The van der Waals surface area contributed by atoms with Gasteiger partial charge in [0.05, 0.1) is 0 Å². The standard InChI is InChI=1S/C16H11F2NO3/c17-16(18)13-4-2-1-3-11(13)12-7-10(5-6-14(12)16)19(9-20)8-15(21)22/h1-7,9H,8H2,(H,21,22). The summed E-state index contributed by atoms with van der Waals surface area (Å²) in [7, 11) is 0. The Morgan fingerprint density at radius 1 is 1.14 bits per heavy atom. The summed E-state index contributed by atoms with van der Waals surface area (Å²) in [6, 6.07) is 10.1. The number of fused-ring (bicyclic) bond motifs is 3. The highest BCUT2D eigenvalue weighted by Gasteiger charge is 2.44. The molecule has 4 nitrogen and oxygen atoms in total. The molecule has 1 aliphatic carbocycles. The third-order valence-electron chi connectivity index (χ3n) is 3.66. The molecule has 0 spiro atoms. The van der Waals surface area contributed by atoms with Gasteiger partial charge in [-0.05, 0) is 29.3 Å². The second-order valence-corrected chi connectivity index (χ2v) is 4.98. The van der Waals surface area contributed by atoms with Crippen LogP contribution in [0.5, 0.6) is 0 Å². The first kappa shape index (κ1) is 14.2. The van der Waals surface area contributed by atoms with E-state index in [0.29, 0.717) is 17.5 Å². The Balaban J connectivity index is 2.13. The van der Waals surface area contributed by atoms with E-state index in [-0.39, 0.29) is 16.8 Å². The number of benzene rings is 2. The normalized spacial score (nSPS) is 14.1. The van der Waals surface area contributed by atoms with Crippen LogP contribution in [-0.4, -0.2) is 24.0 Å². The van der Waals surface area contributed by atoms with E-state index in [1.807, 2.05) is 0 Å². The molecule has 1 aliphatic rings. The van der Waals surface area contributed by atoms with Crippen LogP contribution in [0, 0.1) is 0 Å². The van der Waals surface area contributed by atoms with Gasteiger partial charge in [-0.1, -0.05) is 24.3 Å². The van der Waals surface area contributed by atoms with Crippen molar-refractivity contribution in [2.45, 2.75) is 5.92 Å². The van der Waals surface area contributed by atoms with Crippen LogP contribution in [-0.2, 0) is 15.5 Å². The molecule has 0 saturated carbocycles. The van der Waals surface area contributed by atoms with Crippen LogP contribution in [0.25, 0.3) is 11.1 Å². The molecule has 0 bridgehead atoms. The lowest BCUT2D eigenvalue weighted by Gasteiger charge is -2.17. The zero-order chi connectivity index (χ0) is 15.9. The molecule has 2 aromatic carbocycles. The van der Waals surface area contributed by atoms with Crippen molar-refractivity contribution in [1.29, 1.82) is 0 Å². The maximum absolute atomic E-state index is 14.4. The lowest BCUT2D eigenvalue weighted by atomic mass is 10.0. The fraction of sp³-hybridized carbons (Fsp3) is 0.125. The highest BCUT2D eigenvalue weighted by atomic mass is 19.3. The van der Waals surface area contributed by atoms with Crippen LogP contribution in [0.2, 0.25) is 0 Å². The van der Waals surface area contributed by atoms with E-state index in [2.05, 4.69) is 0 Å². The molecule has 3 rings (SSSR count). The second kappa shape index (κ2) is 4.91. The highest BCUT2D eigenvalue weighted by Crippen LogP contribution is 2.51. The third-order valence-corrected chi connectivity index (χ3v) is 3.66. The predicted octanol–water partition coefficient (Wildman–Crippen LogP) is 2.85. The van der Waals surface area contributed by atoms with Gasteiger partial charge < -0.3 is 10.0 Å². The molecule has 22 heavy (non-hydrogen) atoms. The van der Waals surface area contributed by atoms with Gasteiger partial charge in [-0.25, -0.2) is 0 Å². The van der Waals surface area contributed by atoms with Gasteiger partial charge in [0.1, 0.15) is 6.54 Å². The number of halogens is 2. The smallest absolute Gasteiger partial charge is 0.323 e. The van der Waals surface area contributed by atoms with Crippen LogP contribution in [0.4, 0.5) is 14.5 Å². The Bertz CT molecular complexity index is 774. The van der Waals surface area contributed by atoms with E-state index in [9.17, 15) is 18.4 Å². The van der Waals surface area contributed by atoms with E-state index < -0.39 is 18.4 Å². The van der Waals surface area contributed by atoms with Crippen molar-refractivity contribution in [3.63, 3.8) is 0 Å². The summed E-state index contributed by atoms with van der Waals surface area (Å²) < 4.78 is 28.8. The summed E-state index contributed by atoms with van der Waals surface area (Å²) in [6.45, 7) is -0.527. The van der Waals surface area contributed by atoms with Crippen LogP contribution < -0.4 is 4.90 Å². The van der Waals surface area contributed by atoms with E-state index in [4.69, 9.17) is 5.11 Å². The van der Waals surface area contributed by atoms with Crippen LogP contribution in [0.3, 0.4) is 0 Å². The van der Waals surface area contributed by atoms with Gasteiger partial charge in [-0.3, -0.25) is 9.59 Å². The molecule has 0 aliphatic heterocycles. The van der Waals surface area contributed by atoms with Gasteiger partial charge >= 0.3 is 5.97 Å². The van der Waals surface area contributed by atoms with Crippen molar-refractivity contribution in [2.75, 3.05) is 11.4 Å². The minimum atomic E-state index is -3.09. The topological polar surface area (TPSA) is 57.6 Å². The monoisotopic (exact) mass is 303 g/mol. The fourth-order valence-electron chi connectivity index (χ4n) is 2.68. The van der Waals surface area contributed by atoms with Crippen LogP contribution in [0.15, 0.2) is 42.5 Å². The Labute approximate surface area is 124 Å². The van der Waals surface area contributed by atoms with Crippen molar-refractivity contribution in [1.82, 2.24) is 0 Å². The largest absolute Gasteiger partial charge is 0.480 e. The first-order valence-electron chi connectivity index (χ1n) is 6.51. The number of alkyl halides is 2. The zero-order valence-electron chi connectivity index (χ0n) is 11.3. The van der Waals surface area contributed by atoms with Gasteiger partial charge in [0, 0.05) is 16.8 Å². The highest BCUT2D eigenvalue weighted by molar-refractivity contribution is 5.88. The van der Waals surface area contributed by atoms with Crippen molar-refractivity contribution >= 4 is 18.1 Å². The molecule has 0 atom stereocenters. The number of rotatable bonds is 4. The van der Waals surface area contributed by atoms with Gasteiger partial charge in [-0.2, -0.15) is 8.78 Å². The first-order chi connectivity index (χ1) is 10.4. The van der Waals surface area contributed by atoms with Crippen molar-refractivity contribution in [3.8, 4) is 11.1 Å². The van der Waals surface area contributed by atoms with E-state index in [1.165, 1.54) is 24.3 Å². The summed E-state index contributed by atoms with van der Waals surface area (Å²) in [4.78, 5) is 22.7. The number of hydrogen-bond acceptors (Lipinski definition) is 2. The first-order valence-corrected chi connectivity index (χ1v) is 6.51. The number of amides is 1. The van der Waals surface area contributed by atoms with Crippen molar-refractivity contribution in [3.05, 3.63) is 53.6 Å². The molecule has 1 N–H and O–H groups in total. The minimum absolute atomic E-state index is 0.0852. The van der Waals surface area contributed by atoms with Gasteiger partial charge in [0.2, 0.25) is 6.41 Å². The molecular formula is C16H11F2NO3. The Morgan fingerprint density at radius 3 is 2.50 bits per heavy atom. The lowest BCUT2D eigenvalue weighted by Crippen LogP contribution is -2.28. The average molecular weight is 303 g/mol. The van der Waals surface area contributed by atoms with E-state index >= 15 is 0 Å². The average Bonchev–Trinajstić information content (AvgIpc) is 2.73. The molecule has 0 heterocycles. The maximum Gasteiger partial charge on any atom is 0.323 e. The van der Waals surface area contributed by atoms with Gasteiger partial charge in [-0.15, -0.1) is 0 Å². The zero-order valence-corrected chi connectivity index (χ0v) is 11.3. The van der Waals surface area contributed by atoms with Crippen LogP contribution >= 0.6 is 0 Å². The minimum Gasteiger partial charge on any atom is -0.480 e. The molecule has 0 radical (unpaired) electrons. The summed E-state index contributed by atoms with van der Waals surface area (Å²) in [6.07, 6.45) is 0.370. The molecular weight excluding hydrogens is 292 g/mol. The van der Waals surface area contributed by atoms with Crippen molar-refractivity contribution in [2.24, 2.45) is 0 Å². The summed E-state index contributed by atoms with van der Waals surface area (Å²) in [5.74, 6) is -4.28. The maximum atomic E-state index is 14.4. The summed E-state index contributed by atoms with van der Waals surface area (Å²) >= 11 is 0. The number of carboxylic acid groups (broad SMARTS) is 1. The number of aliphatic carboxylic acids is 1. The fourth-order valence-corrected chi connectivity index (χ4v) is 2.68. The molecule has 1 amide bonds. The molecule has 2 aromatic rings. The molecule has 0 saturated heterocycles. The number of hydrogen-bond donors (Lipinski definition) is 1. The third kappa shape index (κ3) is 2.04. The quantitative estimate of drug-likeness (QED) is 0.884. The Morgan fingerprint density at radius 2 is 1.82 bits per heavy atom. The number of carbonyl (C=O) groups is 2. The lowest BCUT2D eigenvalue weighted by molar-refractivity contribution is -0.136. The van der Waals surface area contributed by atoms with E-state index in [1.54, 1.807) is 18.2 Å². The molecule has 6 heteroatoms. The van der Waals surface area contributed by atoms with Gasteiger partial charge in [0.15, 0.2) is 0 Å². The molecule has 0 aromatic heterocycles. The number of carboxylic acids is 1. The molecule has 112 valence electrons. The molecule has 0 unspecified atom stereocenters. The van der Waals surface area contributed by atoms with Gasteiger partial charge in [0.25, 0.3) is 5.92 Å². The number of anilines is 1. The number of carbonyl (C=O) groups excluding carboxylic acids is 1. The summed E-state index contributed by atoms with van der Waals surface area (Å²) in [5.41, 5.74) is 0.751. The predicted molar refractivity (Wildman–Crippen MR) is 75.9 cm³/mol. The second-order valence-electron chi connectivity index (χ2n) is 4.98. The number of nitrogens with zero attached hydrogens (tertiary/aromatic N) is 1. The van der Waals surface area contributed by atoms with Crippen molar-refractivity contribution < 1.29 is 23.5 Å². The Kier molecular flexibility index (Phi) is 3.16. The molecule has 0 fully saturated rings. The van der Waals surface area contributed by atoms with E-state index in [0.717, 1.165) is 4.90 Å². The SMILES string of the molecule is O=CN(CC(=O)O)c1ccc2c(c1)-c1ccccc1C2(F)F. The Hall–Kier alpha value is -2.76. The van der Waals surface area contributed by atoms with Crippen LogP contribution in [0.1, 0.15) is 11.1 Å². The summed E-state index contributed by atoms with van der Waals surface area (Å²) in [5, 5.41) is 8.79.